The molecule has 4 nitrogen and oxygen atoms in total. The largest absolute Gasteiger partial charge is 0.449 e. The van der Waals surface area contributed by atoms with Crippen LogP contribution in [0, 0.1) is 0 Å². The van der Waals surface area contributed by atoms with E-state index in [9.17, 15) is 4.79 Å². The van der Waals surface area contributed by atoms with Gasteiger partial charge in [0.05, 0.1) is 13.2 Å². The van der Waals surface area contributed by atoms with Crippen LogP contribution in [0.4, 0.5) is 4.79 Å². The van der Waals surface area contributed by atoms with Crippen LogP contribution in [0.5, 0.6) is 0 Å². The molecule has 0 radical (unpaired) electrons. The summed E-state index contributed by atoms with van der Waals surface area (Å²) in [5, 5.41) is 4.96. The number of nitrogens with one attached hydrogen (secondary N) is 1. The Morgan fingerprint density at radius 3 is 2.54 bits per heavy atom. The van der Waals surface area contributed by atoms with E-state index in [-0.39, 0.29) is 12.0 Å². The Kier molecular flexibility index (Phi) is 4.63. The van der Waals surface area contributed by atoms with E-state index >= 15 is 0 Å². The highest BCUT2D eigenvalue weighted by Crippen LogP contribution is 2.44. The molecule has 0 spiro atoms. The molecule has 0 fully saturated rings. The zero-order valence-corrected chi connectivity index (χ0v) is 16.2. The summed E-state index contributed by atoms with van der Waals surface area (Å²) in [4.78, 5) is 13.5. The maximum atomic E-state index is 12.3. The molecule has 1 atom stereocenters. The average Bonchev–Trinajstić information content (AvgIpc) is 3.34. The number of hydrogen-bond donors (Lipinski definition) is 1. The number of carbonyl (C=O) groups excluding carboxylic acids is 1. The lowest BCUT2D eigenvalue weighted by Crippen LogP contribution is -2.32. The molecule has 1 aliphatic carbocycles. The first-order valence-corrected chi connectivity index (χ1v) is 10.5. The number of benzene rings is 2. The SMILES string of the molecule is O=C(NC[C@@H]1OCCc2ccsc21)OCC1c2ccccc2-c2ccccc21. The average molecular weight is 391 g/mol. The van der Waals surface area contributed by atoms with Gasteiger partial charge in [0.2, 0.25) is 0 Å². The molecule has 1 aromatic heterocycles. The Hall–Kier alpha value is -2.63. The van der Waals surface area contributed by atoms with Gasteiger partial charge in [-0.05, 0) is 45.7 Å². The van der Waals surface area contributed by atoms with Crippen LogP contribution in [0.2, 0.25) is 0 Å². The molecule has 3 aromatic rings. The lowest BCUT2D eigenvalue weighted by atomic mass is 9.98. The molecule has 1 N–H and O–H groups in total. The second kappa shape index (κ2) is 7.41. The lowest BCUT2D eigenvalue weighted by molar-refractivity contribution is 0.0439. The fourth-order valence-corrected chi connectivity index (χ4v) is 5.20. The van der Waals surface area contributed by atoms with Crippen LogP contribution >= 0.6 is 11.3 Å². The first kappa shape index (κ1) is 17.5. The number of alkyl carbamates (subject to hydrolysis) is 1. The maximum absolute atomic E-state index is 12.3. The van der Waals surface area contributed by atoms with Crippen molar-refractivity contribution in [3.63, 3.8) is 0 Å². The Balaban J connectivity index is 1.23. The molecule has 0 saturated heterocycles. The molecule has 142 valence electrons. The Morgan fingerprint density at radius 2 is 1.79 bits per heavy atom. The van der Waals surface area contributed by atoms with E-state index in [2.05, 4.69) is 53.2 Å². The summed E-state index contributed by atoms with van der Waals surface area (Å²) < 4.78 is 11.4. The Labute approximate surface area is 168 Å². The fraction of sp³-hybridized carbons (Fsp3) is 0.261. The highest BCUT2D eigenvalue weighted by atomic mass is 32.1. The number of amides is 1. The molecule has 0 saturated carbocycles. The first-order valence-electron chi connectivity index (χ1n) is 9.58. The van der Waals surface area contributed by atoms with Crippen LogP contribution in [-0.2, 0) is 15.9 Å². The molecule has 0 bridgehead atoms. The van der Waals surface area contributed by atoms with Crippen molar-refractivity contribution in [3.05, 3.63) is 81.5 Å². The van der Waals surface area contributed by atoms with Crippen molar-refractivity contribution in [2.75, 3.05) is 19.8 Å². The van der Waals surface area contributed by atoms with Crippen molar-refractivity contribution in [1.82, 2.24) is 5.32 Å². The third-order valence-electron chi connectivity index (χ3n) is 5.54. The van der Waals surface area contributed by atoms with Crippen molar-refractivity contribution < 1.29 is 14.3 Å². The molecule has 2 aliphatic rings. The van der Waals surface area contributed by atoms with Gasteiger partial charge >= 0.3 is 6.09 Å². The summed E-state index contributed by atoms with van der Waals surface area (Å²) in [5.41, 5.74) is 6.22. The van der Waals surface area contributed by atoms with Crippen LogP contribution in [0.3, 0.4) is 0 Å². The van der Waals surface area contributed by atoms with Gasteiger partial charge < -0.3 is 14.8 Å². The van der Waals surface area contributed by atoms with E-state index < -0.39 is 6.09 Å². The van der Waals surface area contributed by atoms with Gasteiger partial charge in [-0.2, -0.15) is 0 Å². The predicted octanol–water partition coefficient (Wildman–Crippen LogP) is 4.90. The Bertz CT molecular complexity index is 967. The van der Waals surface area contributed by atoms with Crippen molar-refractivity contribution in [2.45, 2.75) is 18.4 Å². The van der Waals surface area contributed by atoms with Gasteiger partial charge in [-0.15, -0.1) is 11.3 Å². The topological polar surface area (TPSA) is 47.6 Å². The zero-order valence-electron chi connectivity index (χ0n) is 15.4. The van der Waals surface area contributed by atoms with E-state index in [1.165, 1.54) is 32.7 Å². The van der Waals surface area contributed by atoms with Gasteiger partial charge in [0.15, 0.2) is 0 Å². The van der Waals surface area contributed by atoms with Gasteiger partial charge in [0.25, 0.3) is 0 Å². The summed E-state index contributed by atoms with van der Waals surface area (Å²) in [6.07, 6.45) is 0.471. The molecular weight excluding hydrogens is 370 g/mol. The quantitative estimate of drug-likeness (QED) is 0.688. The van der Waals surface area contributed by atoms with Crippen LogP contribution in [0.25, 0.3) is 11.1 Å². The van der Waals surface area contributed by atoms with Crippen molar-refractivity contribution >= 4 is 17.4 Å². The van der Waals surface area contributed by atoms with E-state index in [1.807, 2.05) is 12.1 Å². The monoisotopic (exact) mass is 391 g/mol. The van der Waals surface area contributed by atoms with Crippen molar-refractivity contribution in [1.29, 1.82) is 0 Å². The van der Waals surface area contributed by atoms with Gasteiger partial charge in [0.1, 0.15) is 12.7 Å². The van der Waals surface area contributed by atoms with Crippen LogP contribution in [0.1, 0.15) is 33.6 Å². The number of rotatable bonds is 4. The molecule has 2 heterocycles. The second-order valence-corrected chi connectivity index (χ2v) is 8.07. The Morgan fingerprint density at radius 1 is 1.07 bits per heavy atom. The maximum Gasteiger partial charge on any atom is 0.407 e. The van der Waals surface area contributed by atoms with E-state index in [4.69, 9.17) is 9.47 Å². The van der Waals surface area contributed by atoms with Gasteiger partial charge in [-0.3, -0.25) is 0 Å². The normalized spacial score (nSPS) is 17.5. The first-order chi connectivity index (χ1) is 13.8. The van der Waals surface area contributed by atoms with Crippen molar-refractivity contribution in [3.8, 4) is 11.1 Å². The second-order valence-electron chi connectivity index (χ2n) is 7.13. The minimum Gasteiger partial charge on any atom is -0.449 e. The molecule has 28 heavy (non-hydrogen) atoms. The number of thiophene rings is 1. The predicted molar refractivity (Wildman–Crippen MR) is 110 cm³/mol. The lowest BCUT2D eigenvalue weighted by Gasteiger charge is -2.23. The molecule has 0 unspecified atom stereocenters. The zero-order chi connectivity index (χ0) is 18.9. The summed E-state index contributed by atoms with van der Waals surface area (Å²) in [6, 6.07) is 18.8. The fourth-order valence-electron chi connectivity index (χ4n) is 4.20. The molecule has 2 aromatic carbocycles. The van der Waals surface area contributed by atoms with E-state index in [0.717, 1.165) is 6.42 Å². The number of fused-ring (bicyclic) bond motifs is 4. The third-order valence-corrected chi connectivity index (χ3v) is 6.59. The highest BCUT2D eigenvalue weighted by molar-refractivity contribution is 7.10. The van der Waals surface area contributed by atoms with Gasteiger partial charge in [0, 0.05) is 10.8 Å². The molecule has 1 amide bonds. The van der Waals surface area contributed by atoms with E-state index in [0.29, 0.717) is 19.8 Å². The highest BCUT2D eigenvalue weighted by Gasteiger charge is 2.29. The van der Waals surface area contributed by atoms with E-state index in [1.54, 1.807) is 11.3 Å². The summed E-state index contributed by atoms with van der Waals surface area (Å²) in [5.74, 6) is 0.0768. The number of carbonyl (C=O) groups is 1. The van der Waals surface area contributed by atoms with Crippen LogP contribution in [0.15, 0.2) is 60.0 Å². The van der Waals surface area contributed by atoms with Gasteiger partial charge in [-0.1, -0.05) is 48.5 Å². The number of hydrogen-bond acceptors (Lipinski definition) is 4. The smallest absolute Gasteiger partial charge is 0.407 e. The minimum absolute atomic E-state index is 0.0768. The van der Waals surface area contributed by atoms with Crippen LogP contribution < -0.4 is 5.32 Å². The molecule has 1 aliphatic heterocycles. The summed E-state index contributed by atoms with van der Waals surface area (Å²) in [6.45, 7) is 1.46. The van der Waals surface area contributed by atoms with Gasteiger partial charge in [-0.25, -0.2) is 4.79 Å². The number of ether oxygens (including phenoxy) is 2. The molecule has 5 rings (SSSR count). The minimum atomic E-state index is -0.394. The van der Waals surface area contributed by atoms with Crippen LogP contribution in [-0.4, -0.2) is 25.9 Å². The molecule has 5 heteroatoms. The standard InChI is InChI=1S/C23H21NO3S/c25-23(24-13-21-22-15(9-11-26-21)10-12-28-22)27-14-20-18-7-3-1-5-16(18)17-6-2-4-8-19(17)20/h1-8,10,12,20-21H,9,11,13-14H2,(H,24,25)/t21-/m0/s1. The van der Waals surface area contributed by atoms with Crippen molar-refractivity contribution in [2.24, 2.45) is 0 Å². The molecular formula is C23H21NO3S. The summed E-state index contributed by atoms with van der Waals surface area (Å²) >= 11 is 1.69. The third kappa shape index (κ3) is 3.11. The summed E-state index contributed by atoms with van der Waals surface area (Å²) in [7, 11) is 0.